The smallest absolute Gasteiger partial charge is 0.216 e. The zero-order valence-corrected chi connectivity index (χ0v) is 22.8. The van der Waals surface area contributed by atoms with Crippen molar-refractivity contribution in [2.75, 3.05) is 0 Å². The molecule has 0 aliphatic carbocycles. The highest BCUT2D eigenvalue weighted by Gasteiger charge is 2.17. The monoisotopic (exact) mass is 514 g/mol. The van der Waals surface area contributed by atoms with E-state index in [9.17, 15) is 0 Å². The SMILES string of the molecule is Cc1c[n+](C)c2cc1c1cccc(c1)c1cccc(c1)c1cccc(c1)c1cccc3c4ccc(C)c2c4oc13. The van der Waals surface area contributed by atoms with Crippen molar-refractivity contribution in [3.05, 3.63) is 127 Å². The third kappa shape index (κ3) is 3.39. The van der Waals surface area contributed by atoms with Crippen LogP contribution in [-0.2, 0) is 7.05 Å². The molecule has 0 aliphatic rings. The molecule has 0 amide bonds. The number of rotatable bonds is 0. The third-order valence-electron chi connectivity index (χ3n) is 8.48. The number of aryl methyl sites for hydroxylation is 3. The van der Waals surface area contributed by atoms with E-state index in [1.165, 1.54) is 43.4 Å². The van der Waals surface area contributed by atoms with Crippen molar-refractivity contribution in [2.24, 2.45) is 7.05 Å². The topological polar surface area (TPSA) is 17.0 Å². The van der Waals surface area contributed by atoms with Gasteiger partial charge in [-0.15, -0.1) is 0 Å². The van der Waals surface area contributed by atoms with Crippen molar-refractivity contribution in [2.45, 2.75) is 13.8 Å². The van der Waals surface area contributed by atoms with Crippen LogP contribution < -0.4 is 4.57 Å². The largest absolute Gasteiger partial charge is 0.454 e. The maximum absolute atomic E-state index is 6.88. The van der Waals surface area contributed by atoms with Gasteiger partial charge in [0, 0.05) is 27.8 Å². The number of hydrogen-bond donors (Lipinski definition) is 0. The fourth-order valence-corrected chi connectivity index (χ4v) is 6.46. The molecular formula is C38H28NO+. The van der Waals surface area contributed by atoms with Crippen molar-refractivity contribution in [3.63, 3.8) is 0 Å². The van der Waals surface area contributed by atoms with Gasteiger partial charge in [-0.25, -0.2) is 4.57 Å². The number of nitrogens with zero attached hydrogens (tertiary/aromatic N) is 1. The molecule has 40 heavy (non-hydrogen) atoms. The average molecular weight is 515 g/mol. The van der Waals surface area contributed by atoms with Gasteiger partial charge in [0.2, 0.25) is 5.52 Å². The molecule has 3 aromatic heterocycles. The molecule has 0 spiro atoms. The van der Waals surface area contributed by atoms with Crippen LogP contribution in [0, 0.1) is 13.8 Å². The van der Waals surface area contributed by atoms with Crippen LogP contribution in [-0.4, -0.2) is 0 Å². The summed E-state index contributed by atoms with van der Waals surface area (Å²) in [5.41, 5.74) is 5.45. The van der Waals surface area contributed by atoms with Gasteiger partial charge < -0.3 is 4.42 Å². The van der Waals surface area contributed by atoms with Gasteiger partial charge in [-0.05, 0) is 75.3 Å². The van der Waals surface area contributed by atoms with E-state index in [4.69, 9.17) is 4.42 Å². The Bertz CT molecular complexity index is 2410. The molecule has 0 saturated heterocycles. The number of fused-ring (bicyclic) bond motifs is 14. The second-order valence-corrected chi connectivity index (χ2v) is 11.0. The van der Waals surface area contributed by atoms with Gasteiger partial charge in [0.1, 0.15) is 18.2 Å². The average Bonchev–Trinajstić information content (AvgIpc) is 3.36. The summed E-state index contributed by atoms with van der Waals surface area (Å²) in [6, 6.07) is 39.9. The van der Waals surface area contributed by atoms with E-state index in [1.54, 1.807) is 0 Å². The maximum Gasteiger partial charge on any atom is 0.216 e. The molecule has 3 heterocycles. The van der Waals surface area contributed by atoms with Crippen LogP contribution in [0.3, 0.4) is 0 Å². The minimum absolute atomic E-state index is 0.932. The van der Waals surface area contributed by atoms with Crippen molar-refractivity contribution in [1.82, 2.24) is 0 Å². The standard InChI is InChI=1S/C38H28NO/c1-23-16-17-33-32-15-7-14-31-29-12-5-10-27(19-29)25-8-4-9-26(18-25)28-11-6-13-30(20-28)34-21-35(39(3)22-24(34)2)36(23)38(33)40-37(31)32/h4-22H,1-3H3/q+1. The van der Waals surface area contributed by atoms with E-state index >= 15 is 0 Å². The van der Waals surface area contributed by atoms with Crippen LogP contribution in [0.1, 0.15) is 11.1 Å². The van der Waals surface area contributed by atoms with E-state index in [1.807, 2.05) is 0 Å². The third-order valence-corrected chi connectivity index (χ3v) is 8.48. The fourth-order valence-electron chi connectivity index (χ4n) is 6.46. The maximum atomic E-state index is 6.88. The number of hydrogen-bond acceptors (Lipinski definition) is 1. The second-order valence-electron chi connectivity index (χ2n) is 11.0. The van der Waals surface area contributed by atoms with Crippen molar-refractivity contribution >= 4 is 75.9 Å². The first-order chi connectivity index (χ1) is 19.5. The fraction of sp³-hybridized carbons (Fsp3) is 0.0789. The lowest BCUT2D eigenvalue weighted by Gasteiger charge is -2.04. The molecule has 2 heteroatoms. The van der Waals surface area contributed by atoms with E-state index in [0.717, 1.165) is 43.6 Å². The molecule has 0 saturated carbocycles. The van der Waals surface area contributed by atoms with Gasteiger partial charge in [-0.3, -0.25) is 0 Å². The molecule has 190 valence electrons. The first kappa shape index (κ1) is 23.0. The van der Waals surface area contributed by atoms with Gasteiger partial charge in [0.05, 0.1) is 5.39 Å². The normalized spacial score (nSPS) is 11.9. The summed E-state index contributed by atoms with van der Waals surface area (Å²) in [6.45, 7) is 4.38. The van der Waals surface area contributed by atoms with Crippen LogP contribution in [0.5, 0.6) is 0 Å². The summed E-state index contributed by atoms with van der Waals surface area (Å²) in [4.78, 5) is 0. The van der Waals surface area contributed by atoms with Crippen LogP contribution >= 0.6 is 0 Å². The van der Waals surface area contributed by atoms with Crippen LogP contribution in [0.2, 0.25) is 0 Å². The molecule has 5 aromatic carbocycles. The number of aromatic nitrogens is 1. The predicted molar refractivity (Wildman–Crippen MR) is 170 cm³/mol. The van der Waals surface area contributed by atoms with Crippen LogP contribution in [0.4, 0.5) is 0 Å². The van der Waals surface area contributed by atoms with Gasteiger partial charge >= 0.3 is 0 Å². The molecule has 0 unspecified atom stereocenters. The molecule has 2 nitrogen and oxygen atoms in total. The van der Waals surface area contributed by atoms with E-state index < -0.39 is 0 Å². The first-order valence-electron chi connectivity index (χ1n) is 13.8. The number of benzene rings is 5. The lowest BCUT2D eigenvalue weighted by Crippen LogP contribution is -2.28. The minimum atomic E-state index is 0.932. The Morgan fingerprint density at radius 2 is 1.00 bits per heavy atom. The molecule has 0 fully saturated rings. The van der Waals surface area contributed by atoms with Crippen molar-refractivity contribution in [1.29, 1.82) is 0 Å². The highest BCUT2D eigenvalue weighted by molar-refractivity contribution is 6.19. The Morgan fingerprint density at radius 3 is 1.68 bits per heavy atom. The zero-order chi connectivity index (χ0) is 27.0. The molecule has 8 aromatic rings. The summed E-state index contributed by atoms with van der Waals surface area (Å²) in [7, 11) is 2.13. The quantitative estimate of drug-likeness (QED) is 0.184. The Labute approximate surface area is 232 Å². The molecule has 0 N–H and O–H groups in total. The van der Waals surface area contributed by atoms with E-state index in [-0.39, 0.29) is 0 Å². The molecule has 0 atom stereocenters. The van der Waals surface area contributed by atoms with E-state index in [0.29, 0.717) is 0 Å². The lowest BCUT2D eigenvalue weighted by atomic mass is 10.0. The van der Waals surface area contributed by atoms with Crippen molar-refractivity contribution < 1.29 is 8.98 Å². The summed E-state index contributed by atoms with van der Waals surface area (Å²) in [6.07, 6.45) is 2.24. The van der Waals surface area contributed by atoms with Crippen molar-refractivity contribution in [3.8, 4) is 0 Å². The number of pyridine rings is 1. The van der Waals surface area contributed by atoms with Gasteiger partial charge in [-0.1, -0.05) is 84.9 Å². The Balaban J connectivity index is 1.72. The van der Waals surface area contributed by atoms with Gasteiger partial charge in [0.25, 0.3) is 0 Å². The summed E-state index contributed by atoms with van der Waals surface area (Å²) >= 11 is 0. The second kappa shape index (κ2) is 8.53. The molecule has 0 aliphatic heterocycles. The Kier molecular flexibility index (Phi) is 4.90. The van der Waals surface area contributed by atoms with Gasteiger partial charge in [0.15, 0.2) is 6.20 Å². The molecular weight excluding hydrogens is 486 g/mol. The summed E-state index contributed by atoms with van der Waals surface area (Å²) < 4.78 is 9.11. The minimum Gasteiger partial charge on any atom is -0.454 e. The lowest BCUT2D eigenvalue weighted by molar-refractivity contribution is -0.645. The van der Waals surface area contributed by atoms with Gasteiger partial charge in [-0.2, -0.15) is 0 Å². The number of furan rings is 1. The van der Waals surface area contributed by atoms with Crippen LogP contribution in [0.25, 0.3) is 75.9 Å². The summed E-state index contributed by atoms with van der Waals surface area (Å²) in [5, 5.41) is 13.0. The van der Waals surface area contributed by atoms with Crippen LogP contribution in [0.15, 0.2) is 120 Å². The first-order valence-corrected chi connectivity index (χ1v) is 13.8. The Hall–Kier alpha value is -4.95. The van der Waals surface area contributed by atoms with E-state index in [2.05, 4.69) is 141 Å². The summed E-state index contributed by atoms with van der Waals surface area (Å²) in [5.74, 6) is 0. The Morgan fingerprint density at radius 1 is 0.475 bits per heavy atom. The highest BCUT2D eigenvalue weighted by Crippen LogP contribution is 2.37. The molecule has 0 radical (unpaired) electrons. The molecule has 10 bridgehead atoms. The molecule has 8 rings (SSSR count). The predicted octanol–water partition coefficient (Wildman–Crippen LogP) is 9.92. The zero-order valence-electron chi connectivity index (χ0n) is 22.8. The highest BCUT2D eigenvalue weighted by atomic mass is 16.3. The number of para-hydroxylation sites is 1.